The van der Waals surface area contributed by atoms with Crippen molar-refractivity contribution in [1.82, 2.24) is 9.78 Å². The summed E-state index contributed by atoms with van der Waals surface area (Å²) in [4.78, 5) is 12.1. The number of hydrogen-bond donors (Lipinski definition) is 0. The second kappa shape index (κ2) is 5.08. The molecule has 2 rings (SSSR count). The molecule has 0 saturated carbocycles. The van der Waals surface area contributed by atoms with E-state index in [0.717, 1.165) is 18.6 Å². The zero-order chi connectivity index (χ0) is 13.1. The lowest BCUT2D eigenvalue weighted by Crippen LogP contribution is -2.11. The molecule has 1 aromatic heterocycles. The molecule has 3 nitrogen and oxygen atoms in total. The molecule has 0 aliphatic carbocycles. The molecule has 18 heavy (non-hydrogen) atoms. The number of hydrogen-bond acceptors (Lipinski definition) is 2. The van der Waals surface area contributed by atoms with Gasteiger partial charge in [-0.1, -0.05) is 6.92 Å². The molecule has 0 unspecified atom stereocenters. The summed E-state index contributed by atoms with van der Waals surface area (Å²) in [6.07, 6.45) is 2.35. The molecule has 0 aliphatic heterocycles. The quantitative estimate of drug-likeness (QED) is 0.782. The Morgan fingerprint density at radius 1 is 1.28 bits per heavy atom. The van der Waals surface area contributed by atoms with E-state index < -0.39 is 11.6 Å². The SMILES string of the molecule is CCCn1nccc1C(=O)c1ccc(F)c(F)c1. The maximum Gasteiger partial charge on any atom is 0.211 e. The van der Waals surface area contributed by atoms with E-state index in [2.05, 4.69) is 5.10 Å². The summed E-state index contributed by atoms with van der Waals surface area (Å²) in [7, 11) is 0. The highest BCUT2D eigenvalue weighted by atomic mass is 19.2. The molecule has 0 spiro atoms. The summed E-state index contributed by atoms with van der Waals surface area (Å²) in [6.45, 7) is 2.57. The predicted molar refractivity (Wildman–Crippen MR) is 62.3 cm³/mol. The van der Waals surface area contributed by atoms with Crippen LogP contribution in [0.2, 0.25) is 0 Å². The second-order valence-electron chi connectivity index (χ2n) is 3.90. The van der Waals surface area contributed by atoms with Crippen molar-refractivity contribution in [1.29, 1.82) is 0 Å². The highest BCUT2D eigenvalue weighted by molar-refractivity contribution is 6.07. The topological polar surface area (TPSA) is 34.9 Å². The maximum atomic E-state index is 13.1. The molecular formula is C13H12F2N2O. The largest absolute Gasteiger partial charge is 0.287 e. The van der Waals surface area contributed by atoms with E-state index in [9.17, 15) is 13.6 Å². The zero-order valence-corrected chi connectivity index (χ0v) is 9.86. The lowest BCUT2D eigenvalue weighted by molar-refractivity contribution is 0.102. The second-order valence-corrected chi connectivity index (χ2v) is 3.90. The number of carbonyl (C=O) groups is 1. The van der Waals surface area contributed by atoms with E-state index in [4.69, 9.17) is 0 Å². The molecule has 0 radical (unpaired) electrons. The lowest BCUT2D eigenvalue weighted by atomic mass is 10.1. The third kappa shape index (κ3) is 2.30. The molecule has 1 heterocycles. The van der Waals surface area contributed by atoms with Crippen LogP contribution in [0, 0.1) is 11.6 Å². The zero-order valence-electron chi connectivity index (χ0n) is 9.86. The molecule has 0 N–H and O–H groups in total. The average molecular weight is 250 g/mol. The van der Waals surface area contributed by atoms with Crippen LogP contribution in [0.4, 0.5) is 8.78 Å². The van der Waals surface area contributed by atoms with Gasteiger partial charge in [0, 0.05) is 18.3 Å². The number of carbonyl (C=O) groups excluding carboxylic acids is 1. The number of ketones is 1. The Balaban J connectivity index is 2.35. The molecule has 2 aromatic rings. The van der Waals surface area contributed by atoms with E-state index >= 15 is 0 Å². The van der Waals surface area contributed by atoms with Gasteiger partial charge in [-0.15, -0.1) is 0 Å². The lowest BCUT2D eigenvalue weighted by Gasteiger charge is -2.05. The Morgan fingerprint density at radius 3 is 2.72 bits per heavy atom. The van der Waals surface area contributed by atoms with Gasteiger partial charge in [0.1, 0.15) is 5.69 Å². The van der Waals surface area contributed by atoms with E-state index in [0.29, 0.717) is 12.2 Å². The number of rotatable bonds is 4. The fraction of sp³-hybridized carbons (Fsp3) is 0.231. The molecule has 94 valence electrons. The van der Waals surface area contributed by atoms with Crippen molar-refractivity contribution in [2.75, 3.05) is 0 Å². The van der Waals surface area contributed by atoms with E-state index in [-0.39, 0.29) is 11.3 Å². The van der Waals surface area contributed by atoms with Crippen LogP contribution < -0.4 is 0 Å². The Kier molecular flexibility index (Phi) is 3.50. The molecule has 0 atom stereocenters. The summed E-state index contributed by atoms with van der Waals surface area (Å²) < 4.78 is 27.4. The van der Waals surface area contributed by atoms with Crippen molar-refractivity contribution in [3.63, 3.8) is 0 Å². The molecule has 0 saturated heterocycles. The van der Waals surface area contributed by atoms with Crippen LogP contribution in [0.25, 0.3) is 0 Å². The molecule has 5 heteroatoms. The first kappa shape index (κ1) is 12.4. The molecular weight excluding hydrogens is 238 g/mol. The summed E-state index contributed by atoms with van der Waals surface area (Å²) in [5, 5.41) is 4.02. The van der Waals surface area contributed by atoms with Crippen molar-refractivity contribution < 1.29 is 13.6 Å². The summed E-state index contributed by atoms with van der Waals surface area (Å²) in [5.74, 6) is -2.35. The van der Waals surface area contributed by atoms with Crippen molar-refractivity contribution in [3.8, 4) is 0 Å². The molecule has 0 fully saturated rings. The molecule has 0 bridgehead atoms. The highest BCUT2D eigenvalue weighted by Gasteiger charge is 2.15. The van der Waals surface area contributed by atoms with Gasteiger partial charge in [0.25, 0.3) is 0 Å². The van der Waals surface area contributed by atoms with Crippen molar-refractivity contribution in [2.45, 2.75) is 19.9 Å². The van der Waals surface area contributed by atoms with Gasteiger partial charge in [0.15, 0.2) is 11.6 Å². The molecule has 0 aliphatic rings. The maximum absolute atomic E-state index is 13.1. The minimum atomic E-state index is -1.03. The highest BCUT2D eigenvalue weighted by Crippen LogP contribution is 2.13. The molecule has 0 amide bonds. The summed E-state index contributed by atoms with van der Waals surface area (Å²) in [6, 6.07) is 4.69. The van der Waals surface area contributed by atoms with E-state index in [1.54, 1.807) is 10.7 Å². The minimum absolute atomic E-state index is 0.117. The smallest absolute Gasteiger partial charge is 0.211 e. The van der Waals surface area contributed by atoms with Gasteiger partial charge in [-0.05, 0) is 30.7 Å². The van der Waals surface area contributed by atoms with Crippen LogP contribution in [0.3, 0.4) is 0 Å². The first-order valence-electron chi connectivity index (χ1n) is 5.65. The van der Waals surface area contributed by atoms with E-state index in [1.807, 2.05) is 6.92 Å². The average Bonchev–Trinajstić information content (AvgIpc) is 2.80. The van der Waals surface area contributed by atoms with Gasteiger partial charge < -0.3 is 0 Å². The van der Waals surface area contributed by atoms with Gasteiger partial charge in [-0.3, -0.25) is 9.48 Å². The normalized spacial score (nSPS) is 10.6. The van der Waals surface area contributed by atoms with Crippen LogP contribution in [0.1, 0.15) is 29.4 Å². The third-order valence-corrected chi connectivity index (χ3v) is 2.57. The number of nitrogens with zero attached hydrogens (tertiary/aromatic N) is 2. The Bertz CT molecular complexity index is 578. The van der Waals surface area contributed by atoms with Crippen LogP contribution in [0.5, 0.6) is 0 Å². The van der Waals surface area contributed by atoms with Crippen LogP contribution in [-0.2, 0) is 6.54 Å². The van der Waals surface area contributed by atoms with Crippen molar-refractivity contribution in [2.24, 2.45) is 0 Å². The fourth-order valence-electron chi connectivity index (χ4n) is 1.70. The monoisotopic (exact) mass is 250 g/mol. The number of benzene rings is 1. The number of aromatic nitrogens is 2. The Morgan fingerprint density at radius 2 is 2.06 bits per heavy atom. The van der Waals surface area contributed by atoms with Crippen molar-refractivity contribution in [3.05, 3.63) is 53.4 Å². The van der Waals surface area contributed by atoms with Gasteiger partial charge in [0.05, 0.1) is 0 Å². The van der Waals surface area contributed by atoms with Crippen molar-refractivity contribution >= 4 is 5.78 Å². The fourth-order valence-corrected chi connectivity index (χ4v) is 1.70. The van der Waals surface area contributed by atoms with Crippen LogP contribution >= 0.6 is 0 Å². The van der Waals surface area contributed by atoms with Gasteiger partial charge in [0.2, 0.25) is 5.78 Å². The summed E-state index contributed by atoms with van der Waals surface area (Å²) in [5.41, 5.74) is 0.495. The van der Waals surface area contributed by atoms with Crippen LogP contribution in [0.15, 0.2) is 30.5 Å². The number of halogens is 2. The van der Waals surface area contributed by atoms with E-state index in [1.165, 1.54) is 12.3 Å². The summed E-state index contributed by atoms with van der Waals surface area (Å²) >= 11 is 0. The first-order valence-corrected chi connectivity index (χ1v) is 5.65. The van der Waals surface area contributed by atoms with Gasteiger partial charge >= 0.3 is 0 Å². The third-order valence-electron chi connectivity index (χ3n) is 2.57. The Labute approximate surface area is 103 Å². The first-order chi connectivity index (χ1) is 8.63. The standard InChI is InChI=1S/C13H12F2N2O/c1-2-7-17-12(5-6-16-17)13(18)9-3-4-10(14)11(15)8-9/h3-6,8H,2,7H2,1H3. The van der Waals surface area contributed by atoms with Gasteiger partial charge in [-0.2, -0.15) is 5.10 Å². The Hall–Kier alpha value is -2.04. The van der Waals surface area contributed by atoms with Crippen LogP contribution in [-0.4, -0.2) is 15.6 Å². The predicted octanol–water partition coefficient (Wildman–Crippen LogP) is 2.80. The van der Waals surface area contributed by atoms with Gasteiger partial charge in [-0.25, -0.2) is 8.78 Å². The minimum Gasteiger partial charge on any atom is -0.287 e. The number of aryl methyl sites for hydroxylation is 1. The molecule has 1 aromatic carbocycles.